The van der Waals surface area contributed by atoms with Gasteiger partial charge in [0.2, 0.25) is 0 Å². The van der Waals surface area contributed by atoms with E-state index in [1.165, 1.54) is 14.2 Å². The van der Waals surface area contributed by atoms with Gasteiger partial charge in [-0.15, -0.1) is 0 Å². The minimum absolute atomic E-state index is 0.00328. The Kier molecular flexibility index (Phi) is 4.07. The van der Waals surface area contributed by atoms with Crippen LogP contribution in [0.3, 0.4) is 0 Å². The number of anilines is 1. The second kappa shape index (κ2) is 6.02. The standard InChI is InChI=1S/C17H20N2O4/c1-18-13-4-5-19-8-12(13)10-6-9-7-11(10)15(17(21)23-3)14(9)16(20)22-2/h4-6,8-9,11,14-15H,7H2,1-3H3,(H,18,19)/t9?,11?,14-,15+/m0/s1. The zero-order valence-electron chi connectivity index (χ0n) is 13.4. The van der Waals surface area contributed by atoms with Gasteiger partial charge >= 0.3 is 11.9 Å². The van der Waals surface area contributed by atoms with Crippen LogP contribution in [0.2, 0.25) is 0 Å². The number of allylic oxidation sites excluding steroid dienone is 2. The summed E-state index contributed by atoms with van der Waals surface area (Å²) in [5.74, 6) is -1.71. The summed E-state index contributed by atoms with van der Waals surface area (Å²) in [5, 5.41) is 3.15. The maximum Gasteiger partial charge on any atom is 0.310 e. The van der Waals surface area contributed by atoms with Crippen molar-refractivity contribution in [1.82, 2.24) is 4.98 Å². The number of esters is 2. The summed E-state index contributed by atoms with van der Waals surface area (Å²) in [5.41, 5.74) is 2.99. The van der Waals surface area contributed by atoms with Crippen molar-refractivity contribution in [3.05, 3.63) is 30.1 Å². The van der Waals surface area contributed by atoms with Crippen molar-refractivity contribution in [2.45, 2.75) is 6.42 Å². The molecule has 6 heteroatoms. The molecular weight excluding hydrogens is 296 g/mol. The van der Waals surface area contributed by atoms with Gasteiger partial charge in [-0.3, -0.25) is 14.6 Å². The zero-order chi connectivity index (χ0) is 16.6. The number of carbonyl (C=O) groups excluding carboxylic acids is 2. The predicted molar refractivity (Wildman–Crippen MR) is 84.4 cm³/mol. The van der Waals surface area contributed by atoms with E-state index in [2.05, 4.69) is 16.4 Å². The van der Waals surface area contributed by atoms with E-state index in [-0.39, 0.29) is 23.8 Å². The van der Waals surface area contributed by atoms with E-state index in [9.17, 15) is 9.59 Å². The molecule has 0 aromatic carbocycles. The first-order chi connectivity index (χ1) is 11.1. The van der Waals surface area contributed by atoms with E-state index in [0.29, 0.717) is 0 Å². The molecule has 0 radical (unpaired) electrons. The Morgan fingerprint density at radius 3 is 2.57 bits per heavy atom. The second-order valence-electron chi connectivity index (χ2n) is 5.90. The van der Waals surface area contributed by atoms with Gasteiger partial charge in [0.25, 0.3) is 0 Å². The van der Waals surface area contributed by atoms with Crippen LogP contribution in [-0.2, 0) is 19.1 Å². The Morgan fingerprint density at radius 2 is 1.91 bits per heavy atom. The first-order valence-corrected chi connectivity index (χ1v) is 7.61. The third kappa shape index (κ3) is 2.38. The van der Waals surface area contributed by atoms with Crippen LogP contribution in [0, 0.1) is 23.7 Å². The van der Waals surface area contributed by atoms with Gasteiger partial charge in [-0.25, -0.2) is 0 Å². The highest BCUT2D eigenvalue weighted by atomic mass is 16.5. The van der Waals surface area contributed by atoms with Crippen molar-refractivity contribution in [2.24, 2.45) is 23.7 Å². The number of carbonyl (C=O) groups is 2. The van der Waals surface area contributed by atoms with Crippen LogP contribution in [0.1, 0.15) is 12.0 Å². The lowest BCUT2D eigenvalue weighted by Crippen LogP contribution is -2.35. The largest absolute Gasteiger partial charge is 0.469 e. The number of hydrogen-bond acceptors (Lipinski definition) is 6. The second-order valence-corrected chi connectivity index (χ2v) is 5.90. The summed E-state index contributed by atoms with van der Waals surface area (Å²) in [4.78, 5) is 28.6. The smallest absolute Gasteiger partial charge is 0.310 e. The molecule has 3 rings (SSSR count). The monoisotopic (exact) mass is 316 g/mol. The molecule has 0 aliphatic heterocycles. The number of pyridine rings is 1. The molecule has 1 N–H and O–H groups in total. The first-order valence-electron chi connectivity index (χ1n) is 7.61. The molecule has 0 saturated heterocycles. The molecule has 1 heterocycles. The highest BCUT2D eigenvalue weighted by molar-refractivity contribution is 5.90. The number of fused-ring (bicyclic) bond motifs is 2. The number of nitrogens with one attached hydrogen (secondary N) is 1. The van der Waals surface area contributed by atoms with Gasteiger partial charge < -0.3 is 14.8 Å². The molecule has 4 atom stereocenters. The number of ether oxygens (including phenoxy) is 2. The molecule has 1 aromatic rings. The Hall–Kier alpha value is -2.37. The van der Waals surface area contributed by atoms with Crippen LogP contribution in [-0.4, -0.2) is 38.2 Å². The fourth-order valence-corrected chi connectivity index (χ4v) is 3.99. The third-order valence-electron chi connectivity index (χ3n) is 4.95. The quantitative estimate of drug-likeness (QED) is 0.853. The van der Waals surface area contributed by atoms with E-state index in [0.717, 1.165) is 23.2 Å². The lowest BCUT2D eigenvalue weighted by Gasteiger charge is -2.28. The van der Waals surface area contributed by atoms with Gasteiger partial charge in [0.05, 0.1) is 26.1 Å². The van der Waals surface area contributed by atoms with Gasteiger partial charge in [0.15, 0.2) is 0 Å². The maximum atomic E-state index is 12.3. The van der Waals surface area contributed by atoms with Crippen molar-refractivity contribution in [1.29, 1.82) is 0 Å². The molecule has 122 valence electrons. The minimum atomic E-state index is -0.498. The summed E-state index contributed by atoms with van der Waals surface area (Å²) in [7, 11) is 4.56. The molecule has 0 spiro atoms. The predicted octanol–water partition coefficient (Wildman–Crippen LogP) is 1.73. The van der Waals surface area contributed by atoms with Gasteiger partial charge in [0.1, 0.15) is 0 Å². The Labute approximate surface area is 134 Å². The lowest BCUT2D eigenvalue weighted by molar-refractivity contribution is -0.157. The van der Waals surface area contributed by atoms with E-state index in [4.69, 9.17) is 9.47 Å². The fraction of sp³-hybridized carbons (Fsp3) is 0.471. The van der Waals surface area contributed by atoms with Crippen LogP contribution in [0.15, 0.2) is 24.5 Å². The van der Waals surface area contributed by atoms with E-state index in [1.54, 1.807) is 12.4 Å². The van der Waals surface area contributed by atoms with Crippen molar-refractivity contribution >= 4 is 23.2 Å². The highest BCUT2D eigenvalue weighted by Gasteiger charge is 2.56. The highest BCUT2D eigenvalue weighted by Crippen LogP contribution is 2.56. The Balaban J connectivity index is 2.02. The molecule has 2 bridgehead atoms. The van der Waals surface area contributed by atoms with Gasteiger partial charge in [-0.05, 0) is 29.9 Å². The number of hydrogen-bond donors (Lipinski definition) is 1. The third-order valence-corrected chi connectivity index (χ3v) is 4.95. The average Bonchev–Trinajstić information content (AvgIpc) is 3.18. The SMILES string of the molecule is CNc1ccncc1C1=CC2CC1[C@@H](C(=O)OC)[C@H]2C(=O)OC. The van der Waals surface area contributed by atoms with Crippen LogP contribution in [0.4, 0.5) is 5.69 Å². The van der Waals surface area contributed by atoms with Gasteiger partial charge in [0, 0.05) is 30.7 Å². The number of rotatable bonds is 4. The molecule has 6 nitrogen and oxygen atoms in total. The molecular formula is C17H20N2O4. The van der Waals surface area contributed by atoms with Crippen molar-refractivity contribution in [2.75, 3.05) is 26.6 Å². The Morgan fingerprint density at radius 1 is 1.22 bits per heavy atom. The molecule has 1 fully saturated rings. The summed E-state index contributed by atoms with van der Waals surface area (Å²) in [6, 6.07) is 1.90. The normalized spacial score (nSPS) is 28.2. The van der Waals surface area contributed by atoms with Crippen LogP contribution in [0.5, 0.6) is 0 Å². The molecule has 2 aliphatic rings. The fourth-order valence-electron chi connectivity index (χ4n) is 3.99. The summed E-state index contributed by atoms with van der Waals surface area (Å²) in [6.07, 6.45) is 6.36. The summed E-state index contributed by atoms with van der Waals surface area (Å²) < 4.78 is 9.84. The van der Waals surface area contributed by atoms with E-state index in [1.807, 2.05) is 13.1 Å². The molecule has 2 aliphatic carbocycles. The van der Waals surface area contributed by atoms with Crippen molar-refractivity contribution < 1.29 is 19.1 Å². The maximum absolute atomic E-state index is 12.3. The first kappa shape index (κ1) is 15.5. The molecule has 1 saturated carbocycles. The number of nitrogens with zero attached hydrogens (tertiary/aromatic N) is 1. The Bertz CT molecular complexity index is 670. The van der Waals surface area contributed by atoms with Crippen LogP contribution < -0.4 is 5.32 Å². The molecule has 23 heavy (non-hydrogen) atoms. The summed E-state index contributed by atoms with van der Waals surface area (Å²) in [6.45, 7) is 0. The van der Waals surface area contributed by atoms with Crippen LogP contribution in [0.25, 0.3) is 5.57 Å². The lowest BCUT2D eigenvalue weighted by atomic mass is 9.77. The molecule has 0 amide bonds. The minimum Gasteiger partial charge on any atom is -0.469 e. The van der Waals surface area contributed by atoms with Crippen LogP contribution >= 0.6 is 0 Å². The molecule has 1 aromatic heterocycles. The van der Waals surface area contributed by atoms with Crippen molar-refractivity contribution in [3.63, 3.8) is 0 Å². The number of aromatic nitrogens is 1. The van der Waals surface area contributed by atoms with Crippen molar-refractivity contribution in [3.8, 4) is 0 Å². The topological polar surface area (TPSA) is 77.5 Å². The van der Waals surface area contributed by atoms with E-state index < -0.39 is 11.8 Å². The zero-order valence-corrected chi connectivity index (χ0v) is 13.4. The van der Waals surface area contributed by atoms with Gasteiger partial charge in [-0.1, -0.05) is 6.08 Å². The summed E-state index contributed by atoms with van der Waals surface area (Å²) >= 11 is 0. The molecule has 2 unspecified atom stereocenters. The average molecular weight is 316 g/mol. The van der Waals surface area contributed by atoms with E-state index >= 15 is 0 Å². The number of methoxy groups -OCH3 is 2. The van der Waals surface area contributed by atoms with Gasteiger partial charge in [-0.2, -0.15) is 0 Å².